The Morgan fingerprint density at radius 3 is 2.67 bits per heavy atom. The minimum atomic E-state index is -1.60. The number of hydrogen-bond donors (Lipinski definition) is 5. The molecule has 0 radical (unpaired) electrons. The predicted octanol–water partition coefficient (Wildman–Crippen LogP) is -0.947. The van der Waals surface area contributed by atoms with E-state index in [1.807, 2.05) is 24.3 Å². The standard InChI is InChI=1S/C16H19NO7/c18-7-11-13(20)14(21)15(22)16(23-11)24-12(19)5-8-6-17-10-4-2-1-3-9(8)10/h1-4,6,11,13-18,20-22H,5,7H2/t11-,13-,14+,15-,16?/m1/s1. The van der Waals surface area contributed by atoms with E-state index in [4.69, 9.17) is 14.6 Å². The highest BCUT2D eigenvalue weighted by Gasteiger charge is 2.45. The summed E-state index contributed by atoms with van der Waals surface area (Å²) in [5.74, 6) is -0.663. The Labute approximate surface area is 137 Å². The van der Waals surface area contributed by atoms with E-state index in [2.05, 4.69) is 4.98 Å². The number of carbonyl (C=O) groups is 1. The molecule has 5 N–H and O–H groups in total. The van der Waals surface area contributed by atoms with Crippen LogP contribution in [0.15, 0.2) is 30.5 Å². The number of H-pyrrole nitrogens is 1. The Morgan fingerprint density at radius 1 is 1.17 bits per heavy atom. The van der Waals surface area contributed by atoms with Gasteiger partial charge in [-0.15, -0.1) is 0 Å². The molecule has 2 aromatic rings. The molecule has 8 nitrogen and oxygen atoms in total. The molecule has 0 bridgehead atoms. The van der Waals surface area contributed by atoms with Crippen LogP contribution >= 0.6 is 0 Å². The van der Waals surface area contributed by atoms with Crippen LogP contribution in [-0.2, 0) is 20.7 Å². The first kappa shape index (κ1) is 16.9. The van der Waals surface area contributed by atoms with Gasteiger partial charge < -0.3 is 34.9 Å². The number of benzene rings is 1. The van der Waals surface area contributed by atoms with Crippen molar-refractivity contribution < 1.29 is 34.7 Å². The fourth-order valence-corrected chi connectivity index (χ4v) is 2.77. The lowest BCUT2D eigenvalue weighted by Crippen LogP contribution is -2.59. The molecule has 24 heavy (non-hydrogen) atoms. The molecule has 8 heteroatoms. The number of aromatic nitrogens is 1. The molecule has 1 unspecified atom stereocenters. The van der Waals surface area contributed by atoms with Gasteiger partial charge in [0, 0.05) is 17.1 Å². The van der Waals surface area contributed by atoms with Gasteiger partial charge in [-0.3, -0.25) is 4.79 Å². The molecule has 1 aromatic carbocycles. The number of carbonyl (C=O) groups excluding carboxylic acids is 1. The number of fused-ring (bicyclic) bond motifs is 1. The zero-order valence-corrected chi connectivity index (χ0v) is 12.7. The lowest BCUT2D eigenvalue weighted by Gasteiger charge is -2.39. The van der Waals surface area contributed by atoms with Gasteiger partial charge in [0.15, 0.2) is 0 Å². The van der Waals surface area contributed by atoms with Crippen molar-refractivity contribution in [1.29, 1.82) is 0 Å². The maximum atomic E-state index is 12.1. The Morgan fingerprint density at radius 2 is 1.92 bits per heavy atom. The first-order chi connectivity index (χ1) is 11.5. The maximum Gasteiger partial charge on any atom is 0.312 e. The number of aromatic amines is 1. The summed E-state index contributed by atoms with van der Waals surface area (Å²) in [7, 11) is 0. The van der Waals surface area contributed by atoms with Crippen molar-refractivity contribution in [1.82, 2.24) is 4.98 Å². The summed E-state index contributed by atoms with van der Waals surface area (Å²) >= 11 is 0. The van der Waals surface area contributed by atoms with E-state index in [1.165, 1.54) is 0 Å². The van der Waals surface area contributed by atoms with Crippen LogP contribution in [0.4, 0.5) is 0 Å². The quantitative estimate of drug-likeness (QED) is 0.455. The van der Waals surface area contributed by atoms with Crippen LogP contribution in [0.2, 0.25) is 0 Å². The Kier molecular flexibility index (Phi) is 4.83. The number of hydrogen-bond acceptors (Lipinski definition) is 7. The molecule has 0 spiro atoms. The van der Waals surface area contributed by atoms with Crippen molar-refractivity contribution in [3.05, 3.63) is 36.0 Å². The van der Waals surface area contributed by atoms with Gasteiger partial charge in [-0.2, -0.15) is 0 Å². The smallest absolute Gasteiger partial charge is 0.312 e. The van der Waals surface area contributed by atoms with Crippen LogP contribution < -0.4 is 0 Å². The zero-order chi connectivity index (χ0) is 17.3. The first-order valence-corrected chi connectivity index (χ1v) is 7.56. The topological polar surface area (TPSA) is 132 Å². The SMILES string of the molecule is O=C(Cc1c[nH]c2ccccc12)OC1O[C@H](CO)[C@@H](O)[C@H](O)[C@H]1O. The van der Waals surface area contributed by atoms with E-state index in [0.29, 0.717) is 0 Å². The summed E-state index contributed by atoms with van der Waals surface area (Å²) < 4.78 is 10.2. The van der Waals surface area contributed by atoms with Gasteiger partial charge in [0.1, 0.15) is 24.4 Å². The van der Waals surface area contributed by atoms with Gasteiger partial charge in [0.25, 0.3) is 0 Å². The Balaban J connectivity index is 1.68. The summed E-state index contributed by atoms with van der Waals surface area (Å²) in [5, 5.41) is 39.3. The molecule has 5 atom stereocenters. The average Bonchev–Trinajstić information content (AvgIpc) is 2.98. The maximum absolute atomic E-state index is 12.1. The third-order valence-corrected chi connectivity index (χ3v) is 4.11. The van der Waals surface area contributed by atoms with Crippen molar-refractivity contribution in [3.63, 3.8) is 0 Å². The van der Waals surface area contributed by atoms with Crippen molar-refractivity contribution >= 4 is 16.9 Å². The normalized spacial score (nSPS) is 30.4. The molecule has 2 heterocycles. The summed E-state index contributed by atoms with van der Waals surface area (Å²) in [6.45, 7) is -0.582. The highest BCUT2D eigenvalue weighted by atomic mass is 16.7. The van der Waals surface area contributed by atoms with E-state index in [-0.39, 0.29) is 6.42 Å². The fourth-order valence-electron chi connectivity index (χ4n) is 2.77. The van der Waals surface area contributed by atoms with Gasteiger partial charge in [-0.25, -0.2) is 0 Å². The largest absolute Gasteiger partial charge is 0.432 e. The van der Waals surface area contributed by atoms with Gasteiger partial charge in [-0.05, 0) is 11.6 Å². The minimum Gasteiger partial charge on any atom is -0.432 e. The Bertz CT molecular complexity index is 713. The Hall–Kier alpha value is -1.97. The average molecular weight is 337 g/mol. The summed E-state index contributed by atoms with van der Waals surface area (Å²) in [5.41, 5.74) is 1.60. The van der Waals surface area contributed by atoms with Crippen LogP contribution in [0.25, 0.3) is 10.9 Å². The highest BCUT2D eigenvalue weighted by Crippen LogP contribution is 2.23. The number of aliphatic hydroxyl groups is 4. The molecule has 1 aliphatic rings. The van der Waals surface area contributed by atoms with Crippen LogP contribution in [0.1, 0.15) is 5.56 Å². The predicted molar refractivity (Wildman–Crippen MR) is 81.9 cm³/mol. The number of nitrogens with one attached hydrogen (secondary N) is 1. The van der Waals surface area contributed by atoms with Crippen LogP contribution in [0.3, 0.4) is 0 Å². The second-order valence-corrected chi connectivity index (χ2v) is 5.72. The number of aliphatic hydroxyl groups excluding tert-OH is 4. The molecule has 1 saturated heterocycles. The molecule has 0 saturated carbocycles. The van der Waals surface area contributed by atoms with Crippen LogP contribution in [-0.4, -0.2) is 68.7 Å². The van der Waals surface area contributed by atoms with Gasteiger partial charge in [0.05, 0.1) is 13.0 Å². The fraction of sp³-hybridized carbons (Fsp3) is 0.438. The molecule has 0 amide bonds. The van der Waals surface area contributed by atoms with E-state index in [1.54, 1.807) is 6.20 Å². The number of ether oxygens (including phenoxy) is 2. The second-order valence-electron chi connectivity index (χ2n) is 5.72. The van der Waals surface area contributed by atoms with E-state index >= 15 is 0 Å². The third-order valence-electron chi connectivity index (χ3n) is 4.11. The van der Waals surface area contributed by atoms with Crippen LogP contribution in [0, 0.1) is 0 Å². The van der Waals surface area contributed by atoms with Crippen molar-refractivity contribution in [2.45, 2.75) is 37.1 Å². The van der Waals surface area contributed by atoms with Gasteiger partial charge in [-0.1, -0.05) is 18.2 Å². The summed E-state index contributed by atoms with van der Waals surface area (Å²) in [6, 6.07) is 7.46. The molecule has 0 aliphatic carbocycles. The molecular weight excluding hydrogens is 318 g/mol. The highest BCUT2D eigenvalue weighted by molar-refractivity contribution is 5.87. The van der Waals surface area contributed by atoms with E-state index < -0.39 is 43.3 Å². The molecule has 3 rings (SSSR count). The second kappa shape index (κ2) is 6.88. The third kappa shape index (κ3) is 3.14. The molecule has 130 valence electrons. The first-order valence-electron chi connectivity index (χ1n) is 7.56. The van der Waals surface area contributed by atoms with Crippen molar-refractivity contribution in [2.75, 3.05) is 6.61 Å². The lowest BCUT2D eigenvalue weighted by molar-refractivity contribution is -0.292. The molecule has 1 aromatic heterocycles. The number of para-hydroxylation sites is 1. The van der Waals surface area contributed by atoms with E-state index in [0.717, 1.165) is 16.5 Å². The van der Waals surface area contributed by atoms with Crippen LogP contribution in [0.5, 0.6) is 0 Å². The van der Waals surface area contributed by atoms with E-state index in [9.17, 15) is 20.1 Å². The van der Waals surface area contributed by atoms with Crippen molar-refractivity contribution in [2.24, 2.45) is 0 Å². The summed E-state index contributed by atoms with van der Waals surface area (Å²) in [4.78, 5) is 15.2. The monoisotopic (exact) mass is 337 g/mol. The van der Waals surface area contributed by atoms with Gasteiger partial charge >= 0.3 is 5.97 Å². The molecule has 1 aliphatic heterocycles. The molecular formula is C16H19NO7. The summed E-state index contributed by atoms with van der Waals surface area (Å²) in [6.07, 6.45) is -5.62. The minimum absolute atomic E-state index is 0.0565. The number of esters is 1. The van der Waals surface area contributed by atoms with Crippen molar-refractivity contribution in [3.8, 4) is 0 Å². The molecule has 1 fully saturated rings. The zero-order valence-electron chi connectivity index (χ0n) is 12.7. The lowest BCUT2D eigenvalue weighted by atomic mass is 9.99. The number of rotatable bonds is 4. The van der Waals surface area contributed by atoms with Gasteiger partial charge in [0.2, 0.25) is 6.29 Å².